The number of amides is 1. The normalized spacial score (nSPS) is 17.4. The van der Waals surface area contributed by atoms with Crippen LogP contribution >= 0.6 is 23.1 Å². The van der Waals surface area contributed by atoms with E-state index in [9.17, 15) is 4.79 Å². The van der Waals surface area contributed by atoms with Gasteiger partial charge in [0, 0.05) is 12.3 Å². The smallest absolute Gasteiger partial charge is 0.269 e. The molecule has 152 valence electrons. The van der Waals surface area contributed by atoms with Crippen LogP contribution in [-0.4, -0.2) is 22.3 Å². The molecule has 1 atom stereocenters. The highest BCUT2D eigenvalue weighted by atomic mass is 32.2. The molecule has 5 rings (SSSR count). The molecule has 5 nitrogen and oxygen atoms in total. The van der Waals surface area contributed by atoms with Gasteiger partial charge in [0.2, 0.25) is 6.29 Å². The number of rotatable bonds is 5. The molecular formula is C23H22N4OS2. The van der Waals surface area contributed by atoms with Crippen LogP contribution in [0.5, 0.6) is 0 Å². The summed E-state index contributed by atoms with van der Waals surface area (Å²) >= 11 is 3.18. The lowest BCUT2D eigenvalue weighted by Crippen LogP contribution is -2.57. The average molecular weight is 435 g/mol. The number of carbonyl (C=O) groups excluding carboxylic acids is 1. The molecule has 0 saturated carbocycles. The van der Waals surface area contributed by atoms with Crippen LogP contribution in [0.3, 0.4) is 0 Å². The van der Waals surface area contributed by atoms with Crippen molar-refractivity contribution < 1.29 is 4.79 Å². The summed E-state index contributed by atoms with van der Waals surface area (Å²) in [4.78, 5) is 18.0. The molecule has 2 aliphatic rings. The van der Waals surface area contributed by atoms with Crippen molar-refractivity contribution in [3.8, 4) is 0 Å². The summed E-state index contributed by atoms with van der Waals surface area (Å²) < 4.78 is 0. The number of nitrogens with one attached hydrogen (secondary N) is 1. The molecule has 1 unspecified atom stereocenters. The van der Waals surface area contributed by atoms with Gasteiger partial charge in [-0.2, -0.15) is 5.10 Å². The lowest BCUT2D eigenvalue weighted by molar-refractivity contribution is 0.0629. The van der Waals surface area contributed by atoms with Gasteiger partial charge in [0.05, 0.1) is 5.69 Å². The Morgan fingerprint density at radius 2 is 1.80 bits per heavy atom. The highest BCUT2D eigenvalue weighted by Gasteiger charge is 2.43. The molecule has 7 heteroatoms. The SMILES string of the molecule is CCc1ccc(CN2C(=O)c3sccc3N3C(SCc4ccccc4)=NNC23)cc1. The minimum atomic E-state index is -0.302. The van der Waals surface area contributed by atoms with E-state index in [-0.39, 0.29) is 12.2 Å². The molecule has 0 aliphatic carbocycles. The van der Waals surface area contributed by atoms with E-state index < -0.39 is 0 Å². The molecule has 30 heavy (non-hydrogen) atoms. The van der Waals surface area contributed by atoms with Crippen LogP contribution in [0.4, 0.5) is 5.69 Å². The van der Waals surface area contributed by atoms with Crippen LogP contribution in [0.25, 0.3) is 0 Å². The number of carbonyl (C=O) groups is 1. The van der Waals surface area contributed by atoms with Crippen LogP contribution in [0.2, 0.25) is 0 Å². The predicted octanol–water partition coefficient (Wildman–Crippen LogP) is 4.86. The van der Waals surface area contributed by atoms with Gasteiger partial charge < -0.3 is 0 Å². The Morgan fingerprint density at radius 3 is 2.57 bits per heavy atom. The second-order valence-electron chi connectivity index (χ2n) is 7.28. The van der Waals surface area contributed by atoms with Gasteiger partial charge in [-0.05, 0) is 34.6 Å². The number of hydrogen-bond donors (Lipinski definition) is 1. The maximum Gasteiger partial charge on any atom is 0.269 e. The number of hydrogen-bond acceptors (Lipinski definition) is 6. The second kappa shape index (κ2) is 8.16. The lowest BCUT2D eigenvalue weighted by Gasteiger charge is -2.39. The molecule has 0 bridgehead atoms. The third-order valence-corrected chi connectivity index (χ3v) is 7.29. The Bertz CT molecular complexity index is 1080. The van der Waals surface area contributed by atoms with Crippen molar-refractivity contribution in [1.82, 2.24) is 10.3 Å². The van der Waals surface area contributed by atoms with Gasteiger partial charge in [-0.25, -0.2) is 0 Å². The summed E-state index contributed by atoms with van der Waals surface area (Å²) in [6.07, 6.45) is 0.707. The summed E-state index contributed by atoms with van der Waals surface area (Å²) in [5, 5.41) is 7.47. The lowest BCUT2D eigenvalue weighted by atomic mass is 10.1. The number of thioether (sulfide) groups is 1. The van der Waals surface area contributed by atoms with E-state index in [1.165, 1.54) is 22.5 Å². The van der Waals surface area contributed by atoms with Crippen LogP contribution in [0, 0.1) is 0 Å². The summed E-state index contributed by atoms with van der Waals surface area (Å²) in [5.41, 5.74) is 7.81. The molecule has 1 N–H and O–H groups in total. The topological polar surface area (TPSA) is 47.9 Å². The van der Waals surface area contributed by atoms with Gasteiger partial charge in [-0.1, -0.05) is 73.3 Å². The maximum absolute atomic E-state index is 13.2. The summed E-state index contributed by atoms with van der Waals surface area (Å²) in [6, 6.07) is 20.9. The van der Waals surface area contributed by atoms with Crippen molar-refractivity contribution in [3.05, 3.63) is 87.6 Å². The van der Waals surface area contributed by atoms with Gasteiger partial charge in [-0.3, -0.25) is 20.0 Å². The highest BCUT2D eigenvalue weighted by Crippen LogP contribution is 2.39. The first-order chi connectivity index (χ1) is 14.7. The predicted molar refractivity (Wildman–Crippen MR) is 125 cm³/mol. The van der Waals surface area contributed by atoms with Gasteiger partial charge in [-0.15, -0.1) is 11.3 Å². The van der Waals surface area contributed by atoms with Crippen LogP contribution < -0.4 is 10.3 Å². The zero-order chi connectivity index (χ0) is 20.5. The number of hydrazone groups is 1. The number of amidine groups is 1. The minimum Gasteiger partial charge on any atom is -0.294 e. The first-order valence-corrected chi connectivity index (χ1v) is 11.9. The van der Waals surface area contributed by atoms with E-state index in [2.05, 4.69) is 70.9 Å². The van der Waals surface area contributed by atoms with E-state index >= 15 is 0 Å². The number of benzene rings is 2. The van der Waals surface area contributed by atoms with E-state index in [0.717, 1.165) is 33.5 Å². The number of nitrogens with zero attached hydrogens (tertiary/aromatic N) is 3. The largest absolute Gasteiger partial charge is 0.294 e. The van der Waals surface area contributed by atoms with Crippen molar-refractivity contribution >= 4 is 39.9 Å². The van der Waals surface area contributed by atoms with E-state index in [1.54, 1.807) is 11.8 Å². The van der Waals surface area contributed by atoms with E-state index in [1.807, 2.05) is 22.4 Å². The summed E-state index contributed by atoms with van der Waals surface area (Å²) in [5.74, 6) is 0.883. The van der Waals surface area contributed by atoms with Crippen molar-refractivity contribution in [1.29, 1.82) is 0 Å². The third-order valence-electron chi connectivity index (χ3n) is 5.38. The number of thiophene rings is 1. The van der Waals surface area contributed by atoms with Gasteiger partial charge in [0.15, 0.2) is 5.17 Å². The highest BCUT2D eigenvalue weighted by molar-refractivity contribution is 8.13. The fourth-order valence-electron chi connectivity index (χ4n) is 3.73. The summed E-state index contributed by atoms with van der Waals surface area (Å²) in [7, 11) is 0. The number of fused-ring (bicyclic) bond motifs is 3. The van der Waals surface area contributed by atoms with E-state index in [0.29, 0.717) is 6.54 Å². The molecular weight excluding hydrogens is 412 g/mol. The van der Waals surface area contributed by atoms with E-state index in [4.69, 9.17) is 0 Å². The second-order valence-corrected chi connectivity index (χ2v) is 9.14. The molecule has 3 aromatic rings. The molecule has 3 heterocycles. The Morgan fingerprint density at radius 1 is 1.03 bits per heavy atom. The van der Waals surface area contributed by atoms with Crippen molar-refractivity contribution in [2.75, 3.05) is 4.90 Å². The fourth-order valence-corrected chi connectivity index (χ4v) is 5.51. The monoisotopic (exact) mass is 434 g/mol. The van der Waals surface area contributed by atoms with Crippen molar-refractivity contribution in [3.63, 3.8) is 0 Å². The number of anilines is 1. The van der Waals surface area contributed by atoms with Crippen LogP contribution in [0.15, 0.2) is 71.1 Å². The average Bonchev–Trinajstić information content (AvgIpc) is 3.43. The molecule has 2 aromatic carbocycles. The summed E-state index contributed by atoms with van der Waals surface area (Å²) in [6.45, 7) is 2.69. The first kappa shape index (κ1) is 19.2. The molecule has 1 aromatic heterocycles. The van der Waals surface area contributed by atoms with Crippen LogP contribution in [-0.2, 0) is 18.7 Å². The Hall–Kier alpha value is -2.77. The molecule has 0 radical (unpaired) electrons. The van der Waals surface area contributed by atoms with Crippen molar-refractivity contribution in [2.45, 2.75) is 31.9 Å². The Labute approximate surface area is 184 Å². The Kier molecular flexibility index (Phi) is 5.23. The standard InChI is InChI=1S/C23H22N4OS2/c1-2-16-8-10-17(11-9-16)14-26-21(28)20-19(12-13-29-20)27-22(26)24-25-23(27)30-15-18-6-4-3-5-7-18/h3-13,22,24H,2,14-15H2,1H3. The first-order valence-electron chi connectivity index (χ1n) is 10.00. The molecule has 0 saturated heterocycles. The van der Waals surface area contributed by atoms with Gasteiger partial charge in [0.25, 0.3) is 5.91 Å². The third kappa shape index (κ3) is 3.48. The Balaban J connectivity index is 1.40. The zero-order valence-electron chi connectivity index (χ0n) is 16.6. The molecule has 1 amide bonds. The molecule has 0 spiro atoms. The zero-order valence-corrected chi connectivity index (χ0v) is 18.2. The molecule has 2 aliphatic heterocycles. The maximum atomic E-state index is 13.2. The number of aryl methyl sites for hydroxylation is 1. The minimum absolute atomic E-state index is 0.0535. The van der Waals surface area contributed by atoms with Crippen LogP contribution in [0.1, 0.15) is 33.3 Å². The fraction of sp³-hybridized carbons (Fsp3) is 0.217. The quantitative estimate of drug-likeness (QED) is 0.623. The molecule has 0 fully saturated rings. The van der Waals surface area contributed by atoms with Gasteiger partial charge in [0.1, 0.15) is 4.88 Å². The van der Waals surface area contributed by atoms with Crippen molar-refractivity contribution in [2.24, 2.45) is 5.10 Å². The van der Waals surface area contributed by atoms with Gasteiger partial charge >= 0.3 is 0 Å².